The molecule has 98 valence electrons. The number of aromatic amines is 1. The molecule has 0 bridgehead atoms. The van der Waals surface area contributed by atoms with Gasteiger partial charge in [0.05, 0.1) is 12.8 Å². The quantitative estimate of drug-likeness (QED) is 0.651. The number of aromatic nitrogens is 1. The molecule has 0 aliphatic rings. The summed E-state index contributed by atoms with van der Waals surface area (Å²) in [5.41, 5.74) is 4.49. The highest BCUT2D eigenvalue weighted by Gasteiger charge is 2.07. The highest BCUT2D eigenvalue weighted by atomic mass is 16.5. The van der Waals surface area contributed by atoms with Gasteiger partial charge in [0.2, 0.25) is 0 Å². The van der Waals surface area contributed by atoms with E-state index in [9.17, 15) is 4.79 Å². The topological polar surface area (TPSA) is 66.5 Å². The van der Waals surface area contributed by atoms with Crippen LogP contribution >= 0.6 is 0 Å². The minimum absolute atomic E-state index is 0.278. The first-order valence-corrected chi connectivity index (χ1v) is 5.84. The first kappa shape index (κ1) is 12.9. The van der Waals surface area contributed by atoms with Crippen LogP contribution in [0.1, 0.15) is 23.0 Å². The molecule has 5 nitrogen and oxygen atoms in total. The fourth-order valence-corrected chi connectivity index (χ4v) is 1.67. The summed E-state index contributed by atoms with van der Waals surface area (Å²) in [6.07, 6.45) is 1.69. The van der Waals surface area contributed by atoms with Gasteiger partial charge in [-0.3, -0.25) is 4.79 Å². The van der Waals surface area contributed by atoms with Gasteiger partial charge in [0.1, 0.15) is 11.4 Å². The lowest BCUT2D eigenvalue weighted by Gasteiger charge is -2.07. The van der Waals surface area contributed by atoms with Gasteiger partial charge in [-0.1, -0.05) is 12.1 Å². The molecule has 0 atom stereocenters. The van der Waals surface area contributed by atoms with Gasteiger partial charge < -0.3 is 9.72 Å². The van der Waals surface area contributed by atoms with E-state index in [1.807, 2.05) is 31.2 Å². The van der Waals surface area contributed by atoms with Gasteiger partial charge in [0, 0.05) is 11.8 Å². The van der Waals surface area contributed by atoms with Gasteiger partial charge in [-0.25, -0.2) is 5.43 Å². The number of benzene rings is 1. The number of rotatable bonds is 4. The smallest absolute Gasteiger partial charge is 0.287 e. The number of para-hydroxylation sites is 1. The fraction of sp³-hybridized carbons (Fsp3) is 0.143. The predicted octanol–water partition coefficient (Wildman–Crippen LogP) is 2.18. The standard InChI is InChI=1S/C14H15N3O2/c1-10(11-6-3-4-8-13(11)19-2)16-17-14(18)12-7-5-9-15-12/h3-9,15H,1-2H3,(H,17,18)/b16-10-. The summed E-state index contributed by atoms with van der Waals surface area (Å²) in [4.78, 5) is 14.5. The van der Waals surface area contributed by atoms with Gasteiger partial charge >= 0.3 is 0 Å². The molecule has 0 saturated heterocycles. The average molecular weight is 257 g/mol. The third-order valence-corrected chi connectivity index (χ3v) is 2.66. The summed E-state index contributed by atoms with van der Waals surface area (Å²) in [5, 5.41) is 4.08. The maximum atomic E-state index is 11.7. The normalized spacial score (nSPS) is 11.2. The molecule has 2 rings (SSSR count). The zero-order valence-electron chi connectivity index (χ0n) is 10.8. The van der Waals surface area contributed by atoms with Crippen molar-refractivity contribution in [3.63, 3.8) is 0 Å². The molecule has 1 amide bonds. The van der Waals surface area contributed by atoms with Gasteiger partial charge in [-0.05, 0) is 31.2 Å². The van der Waals surface area contributed by atoms with Crippen LogP contribution in [0.5, 0.6) is 5.75 Å². The van der Waals surface area contributed by atoms with Crippen molar-refractivity contribution in [1.29, 1.82) is 0 Å². The Labute approximate surface area is 111 Å². The van der Waals surface area contributed by atoms with Crippen molar-refractivity contribution in [2.45, 2.75) is 6.92 Å². The second-order valence-electron chi connectivity index (χ2n) is 3.92. The van der Waals surface area contributed by atoms with E-state index in [-0.39, 0.29) is 5.91 Å². The van der Waals surface area contributed by atoms with Gasteiger partial charge in [-0.15, -0.1) is 0 Å². The fourth-order valence-electron chi connectivity index (χ4n) is 1.67. The number of hydrogen-bond acceptors (Lipinski definition) is 3. The summed E-state index contributed by atoms with van der Waals surface area (Å²) in [5.74, 6) is 0.442. The van der Waals surface area contributed by atoms with E-state index in [4.69, 9.17) is 4.74 Å². The van der Waals surface area contributed by atoms with Crippen LogP contribution in [-0.4, -0.2) is 23.7 Å². The summed E-state index contributed by atoms with van der Waals surface area (Å²) in [6, 6.07) is 10.9. The number of carbonyl (C=O) groups is 1. The molecular formula is C14H15N3O2. The molecule has 1 heterocycles. The van der Waals surface area contributed by atoms with Crippen LogP contribution in [0.3, 0.4) is 0 Å². The highest BCUT2D eigenvalue weighted by molar-refractivity contribution is 6.02. The first-order valence-electron chi connectivity index (χ1n) is 5.84. The third-order valence-electron chi connectivity index (χ3n) is 2.66. The highest BCUT2D eigenvalue weighted by Crippen LogP contribution is 2.17. The van der Waals surface area contributed by atoms with Crippen molar-refractivity contribution in [3.05, 3.63) is 53.9 Å². The monoisotopic (exact) mass is 257 g/mol. The number of carbonyl (C=O) groups excluding carboxylic acids is 1. The van der Waals surface area contributed by atoms with Gasteiger partial charge in [-0.2, -0.15) is 5.10 Å². The lowest BCUT2D eigenvalue weighted by molar-refractivity contribution is 0.0950. The van der Waals surface area contributed by atoms with Crippen LogP contribution in [-0.2, 0) is 0 Å². The Morgan fingerprint density at radius 2 is 2.05 bits per heavy atom. The van der Waals surface area contributed by atoms with Crippen molar-refractivity contribution in [1.82, 2.24) is 10.4 Å². The summed E-state index contributed by atoms with van der Waals surface area (Å²) >= 11 is 0. The van der Waals surface area contributed by atoms with E-state index in [0.717, 1.165) is 11.3 Å². The Kier molecular flexibility index (Phi) is 3.97. The molecule has 2 aromatic rings. The lowest BCUT2D eigenvalue weighted by Crippen LogP contribution is -2.19. The summed E-state index contributed by atoms with van der Waals surface area (Å²) in [6.45, 7) is 1.81. The molecule has 0 saturated carbocycles. The molecule has 0 aliphatic heterocycles. The van der Waals surface area contributed by atoms with E-state index in [1.54, 1.807) is 25.4 Å². The molecule has 2 N–H and O–H groups in total. The number of amides is 1. The number of methoxy groups -OCH3 is 1. The summed E-state index contributed by atoms with van der Waals surface area (Å²) in [7, 11) is 1.60. The molecule has 1 aromatic heterocycles. The SMILES string of the molecule is COc1ccccc1/C(C)=N\NC(=O)c1ccc[nH]1. The Morgan fingerprint density at radius 3 is 2.74 bits per heavy atom. The van der Waals surface area contributed by atoms with Crippen LogP contribution in [0.4, 0.5) is 0 Å². The minimum atomic E-state index is -0.278. The average Bonchev–Trinajstić information content (AvgIpc) is 2.98. The van der Waals surface area contributed by atoms with E-state index in [1.165, 1.54) is 0 Å². The zero-order chi connectivity index (χ0) is 13.7. The molecule has 19 heavy (non-hydrogen) atoms. The Bertz CT molecular complexity index is 588. The molecule has 1 aromatic carbocycles. The van der Waals surface area contributed by atoms with Crippen LogP contribution in [0.15, 0.2) is 47.7 Å². The molecule has 0 aliphatic carbocycles. The van der Waals surface area contributed by atoms with Crippen molar-refractivity contribution in [2.75, 3.05) is 7.11 Å². The number of hydrogen-bond donors (Lipinski definition) is 2. The summed E-state index contributed by atoms with van der Waals surface area (Å²) < 4.78 is 5.25. The number of nitrogens with zero attached hydrogens (tertiary/aromatic N) is 1. The molecular weight excluding hydrogens is 242 g/mol. The van der Waals surface area contributed by atoms with Crippen molar-refractivity contribution in [2.24, 2.45) is 5.10 Å². The predicted molar refractivity (Wildman–Crippen MR) is 73.5 cm³/mol. The molecule has 0 radical (unpaired) electrons. The Balaban J connectivity index is 2.13. The second-order valence-corrected chi connectivity index (χ2v) is 3.92. The zero-order valence-corrected chi connectivity index (χ0v) is 10.8. The molecule has 0 fully saturated rings. The van der Waals surface area contributed by atoms with E-state index < -0.39 is 0 Å². The largest absolute Gasteiger partial charge is 0.496 e. The van der Waals surface area contributed by atoms with Crippen LogP contribution in [0, 0.1) is 0 Å². The van der Waals surface area contributed by atoms with Gasteiger partial charge in [0.15, 0.2) is 0 Å². The maximum absolute atomic E-state index is 11.7. The van der Waals surface area contributed by atoms with E-state index >= 15 is 0 Å². The number of hydrazone groups is 1. The number of H-pyrrole nitrogens is 1. The molecule has 0 spiro atoms. The van der Waals surface area contributed by atoms with Crippen LogP contribution < -0.4 is 10.2 Å². The second kappa shape index (κ2) is 5.86. The van der Waals surface area contributed by atoms with Crippen LogP contribution in [0.25, 0.3) is 0 Å². The number of ether oxygens (including phenoxy) is 1. The minimum Gasteiger partial charge on any atom is -0.496 e. The lowest BCUT2D eigenvalue weighted by atomic mass is 10.1. The maximum Gasteiger partial charge on any atom is 0.287 e. The van der Waals surface area contributed by atoms with E-state index in [0.29, 0.717) is 11.4 Å². The number of nitrogens with one attached hydrogen (secondary N) is 2. The van der Waals surface area contributed by atoms with Crippen LogP contribution in [0.2, 0.25) is 0 Å². The Morgan fingerprint density at radius 1 is 1.26 bits per heavy atom. The molecule has 5 heteroatoms. The molecule has 0 unspecified atom stereocenters. The first-order chi connectivity index (χ1) is 9.22. The van der Waals surface area contributed by atoms with Crippen molar-refractivity contribution < 1.29 is 9.53 Å². The third kappa shape index (κ3) is 3.01. The van der Waals surface area contributed by atoms with Gasteiger partial charge in [0.25, 0.3) is 5.91 Å². The Hall–Kier alpha value is -2.56. The van der Waals surface area contributed by atoms with Crippen molar-refractivity contribution in [3.8, 4) is 5.75 Å². The van der Waals surface area contributed by atoms with Crippen molar-refractivity contribution >= 4 is 11.6 Å². The van der Waals surface area contributed by atoms with E-state index in [2.05, 4.69) is 15.5 Å².